The molecule has 5 rings (SSSR count). The van der Waals surface area contributed by atoms with E-state index < -0.39 is 16.1 Å². The highest BCUT2D eigenvalue weighted by atomic mass is 32.1. The zero-order valence-electron chi connectivity index (χ0n) is 26.7. The molecular weight excluding hydrogens is 617 g/mol. The Morgan fingerprint density at radius 3 is 1.10 bits per heavy atom. The SMILES string of the molecule is CCC[Si](CCC)(CCC)c1ccc(-c2c3ccsc3c(-c3ccc([Si](CCC)(CCC)CCC)s3)c3ccsc23)s1. The maximum absolute atomic E-state index is 2.56. The number of fused-ring (bicyclic) bond motifs is 2. The van der Waals surface area contributed by atoms with Crippen LogP contribution in [0, 0.1) is 0 Å². The minimum absolute atomic E-state index is 1.32. The Bertz CT molecular complexity index is 1380. The minimum Gasteiger partial charge on any atom is -0.145 e. The topological polar surface area (TPSA) is 0 Å². The summed E-state index contributed by atoms with van der Waals surface area (Å²) in [4.78, 5) is 3.00. The molecule has 0 aliphatic carbocycles. The maximum atomic E-state index is 2.56. The van der Waals surface area contributed by atoms with Crippen molar-refractivity contribution in [3.8, 4) is 20.9 Å². The van der Waals surface area contributed by atoms with Gasteiger partial charge in [0.1, 0.15) is 0 Å². The first-order valence-electron chi connectivity index (χ1n) is 16.6. The molecule has 4 aromatic heterocycles. The van der Waals surface area contributed by atoms with Crippen LogP contribution in [0.5, 0.6) is 0 Å². The molecule has 42 heavy (non-hydrogen) atoms. The Morgan fingerprint density at radius 1 is 0.452 bits per heavy atom. The molecule has 0 unspecified atom stereocenters. The molecule has 1 aromatic carbocycles. The Hall–Kier alpha value is -1.03. The highest BCUT2D eigenvalue weighted by molar-refractivity contribution is 7.31. The standard InChI is InChI=1S/C36H50S4Si2/c1-7-21-41(22-8-2,23-9-3)31-15-13-29(39-31)33-27-17-19-38-36(27)34(28-18-20-37-35(28)33)30-14-16-32(40-30)42(24-10-4,25-11-5)26-12-6/h13-20H,7-12,21-26H2,1-6H3. The zero-order valence-corrected chi connectivity index (χ0v) is 32.0. The smallest absolute Gasteiger partial charge is 0.0995 e. The molecule has 0 atom stereocenters. The monoisotopic (exact) mass is 666 g/mol. The van der Waals surface area contributed by atoms with Crippen molar-refractivity contribution in [2.75, 3.05) is 0 Å². The first-order valence-corrected chi connectivity index (χ1v) is 25.3. The van der Waals surface area contributed by atoms with Crippen molar-refractivity contribution >= 4 is 90.7 Å². The van der Waals surface area contributed by atoms with E-state index in [0.717, 1.165) is 0 Å². The van der Waals surface area contributed by atoms with Crippen molar-refractivity contribution in [1.82, 2.24) is 0 Å². The van der Waals surface area contributed by atoms with Crippen molar-refractivity contribution < 1.29 is 0 Å². The predicted molar refractivity (Wildman–Crippen MR) is 205 cm³/mol. The summed E-state index contributed by atoms with van der Waals surface area (Å²) >= 11 is 8.22. The van der Waals surface area contributed by atoms with E-state index >= 15 is 0 Å². The van der Waals surface area contributed by atoms with Crippen molar-refractivity contribution in [2.45, 2.75) is 116 Å². The summed E-state index contributed by atoms with van der Waals surface area (Å²) < 4.78 is 6.50. The predicted octanol–water partition coefficient (Wildman–Crippen LogP) is 13.3. The van der Waals surface area contributed by atoms with E-state index in [9.17, 15) is 0 Å². The Balaban J connectivity index is 1.65. The van der Waals surface area contributed by atoms with Gasteiger partial charge in [-0.1, -0.05) is 128 Å². The fourth-order valence-corrected chi connectivity index (χ4v) is 25.6. The molecule has 0 amide bonds. The molecular formula is C36H50S4Si2. The Morgan fingerprint density at radius 2 is 0.786 bits per heavy atom. The van der Waals surface area contributed by atoms with Crippen molar-refractivity contribution in [3.63, 3.8) is 0 Å². The molecule has 0 nitrogen and oxygen atoms in total. The molecule has 0 spiro atoms. The summed E-state index contributed by atoms with van der Waals surface area (Å²) in [7, 11) is -2.91. The maximum Gasteiger partial charge on any atom is 0.0995 e. The largest absolute Gasteiger partial charge is 0.145 e. The summed E-state index contributed by atoms with van der Waals surface area (Å²) in [6.07, 6.45) is 7.92. The van der Waals surface area contributed by atoms with E-state index in [0.29, 0.717) is 0 Å². The van der Waals surface area contributed by atoms with Crippen LogP contribution in [0.2, 0.25) is 36.3 Å². The fourth-order valence-electron chi connectivity index (χ4n) is 8.01. The molecule has 0 aliphatic rings. The highest BCUT2D eigenvalue weighted by Gasteiger charge is 2.36. The third kappa shape index (κ3) is 5.98. The molecule has 0 saturated carbocycles. The normalized spacial score (nSPS) is 12.7. The van der Waals surface area contributed by atoms with Gasteiger partial charge in [-0.2, -0.15) is 0 Å². The Kier molecular flexibility index (Phi) is 11.1. The summed E-state index contributed by atoms with van der Waals surface area (Å²) in [5, 5.41) is 7.64. The third-order valence-corrected chi connectivity index (χ3v) is 27.5. The molecule has 226 valence electrons. The molecule has 0 radical (unpaired) electrons. The average molecular weight is 667 g/mol. The number of hydrogen-bond donors (Lipinski definition) is 0. The zero-order chi connectivity index (χ0) is 29.7. The van der Waals surface area contributed by atoms with Gasteiger partial charge in [-0.05, 0) is 44.0 Å². The number of rotatable bonds is 16. The van der Waals surface area contributed by atoms with Crippen LogP contribution in [0.1, 0.15) is 80.1 Å². The summed E-state index contributed by atoms with van der Waals surface area (Å²) in [6, 6.07) is 23.6. The first kappa shape index (κ1) is 32.4. The van der Waals surface area contributed by atoms with Gasteiger partial charge >= 0.3 is 0 Å². The van der Waals surface area contributed by atoms with Gasteiger partial charge in [0.25, 0.3) is 0 Å². The number of hydrogen-bond acceptors (Lipinski definition) is 4. The second-order valence-electron chi connectivity index (χ2n) is 12.5. The van der Waals surface area contributed by atoms with Crippen molar-refractivity contribution in [2.24, 2.45) is 0 Å². The second kappa shape index (κ2) is 14.4. The molecule has 0 aliphatic heterocycles. The van der Waals surface area contributed by atoms with Crippen LogP contribution in [-0.2, 0) is 0 Å². The van der Waals surface area contributed by atoms with Crippen LogP contribution in [-0.4, -0.2) is 16.1 Å². The van der Waals surface area contributed by atoms with Crippen LogP contribution >= 0.6 is 45.3 Å². The quantitative estimate of drug-likeness (QED) is 0.0919. The summed E-state index contributed by atoms with van der Waals surface area (Å²) in [6.45, 7) is 14.4. The van der Waals surface area contributed by atoms with Gasteiger partial charge in [0.05, 0.1) is 16.1 Å². The van der Waals surface area contributed by atoms with Crippen LogP contribution in [0.4, 0.5) is 0 Å². The molecule has 0 bridgehead atoms. The first-order chi connectivity index (χ1) is 20.5. The van der Waals surface area contributed by atoms with Crippen molar-refractivity contribution in [3.05, 3.63) is 47.2 Å². The molecule has 5 aromatic rings. The van der Waals surface area contributed by atoms with E-state index in [1.54, 1.807) is 9.00 Å². The van der Waals surface area contributed by atoms with Gasteiger partial charge < -0.3 is 0 Å². The Labute approximate surface area is 273 Å². The van der Waals surface area contributed by atoms with Crippen LogP contribution in [0.25, 0.3) is 41.1 Å². The van der Waals surface area contributed by atoms with Crippen LogP contribution in [0.3, 0.4) is 0 Å². The lowest BCUT2D eigenvalue weighted by Gasteiger charge is -2.30. The van der Waals surface area contributed by atoms with Crippen LogP contribution < -0.4 is 9.00 Å². The van der Waals surface area contributed by atoms with Gasteiger partial charge in [-0.15, -0.1) is 45.3 Å². The summed E-state index contributed by atoms with van der Waals surface area (Å²) in [5.74, 6) is 0. The molecule has 0 saturated heterocycles. The summed E-state index contributed by atoms with van der Waals surface area (Å²) in [5.41, 5.74) is 3.01. The molecule has 4 heterocycles. The lowest BCUT2D eigenvalue weighted by molar-refractivity contribution is 0.939. The van der Waals surface area contributed by atoms with E-state index in [1.807, 2.05) is 22.7 Å². The van der Waals surface area contributed by atoms with Crippen LogP contribution in [0.15, 0.2) is 47.2 Å². The molecule has 0 N–H and O–H groups in total. The second-order valence-corrected chi connectivity index (χ2v) is 26.4. The van der Waals surface area contributed by atoms with Crippen molar-refractivity contribution in [1.29, 1.82) is 0 Å². The van der Waals surface area contributed by atoms with Gasteiger partial charge in [-0.3, -0.25) is 0 Å². The molecule has 0 fully saturated rings. The highest BCUT2D eigenvalue weighted by Crippen LogP contribution is 2.49. The lowest BCUT2D eigenvalue weighted by atomic mass is 10.0. The van der Waals surface area contributed by atoms with E-state index in [4.69, 9.17) is 0 Å². The third-order valence-electron chi connectivity index (χ3n) is 9.44. The lowest BCUT2D eigenvalue weighted by Crippen LogP contribution is -2.45. The van der Waals surface area contributed by atoms with E-state index in [2.05, 4.69) is 111 Å². The van der Waals surface area contributed by atoms with Gasteiger partial charge in [-0.25, -0.2) is 0 Å². The van der Waals surface area contributed by atoms with E-state index in [-0.39, 0.29) is 0 Å². The van der Waals surface area contributed by atoms with E-state index in [1.165, 1.54) is 116 Å². The van der Waals surface area contributed by atoms with Gasteiger partial charge in [0.2, 0.25) is 0 Å². The fraction of sp³-hybridized carbons (Fsp3) is 0.500. The van der Waals surface area contributed by atoms with Gasteiger partial charge in [0, 0.05) is 41.1 Å². The number of benzene rings is 1. The minimum atomic E-state index is -1.46. The molecule has 6 heteroatoms. The number of thiophene rings is 4. The average Bonchev–Trinajstić information content (AvgIpc) is 3.79. The van der Waals surface area contributed by atoms with Gasteiger partial charge in [0.15, 0.2) is 0 Å².